The van der Waals surface area contributed by atoms with Crippen molar-refractivity contribution in [3.05, 3.63) is 18.2 Å². The largest absolute Gasteiger partial charge is 0.330 e. The highest BCUT2D eigenvalue weighted by atomic mass is 15.1. The standard InChI is InChI=1S/C17H31N3/c1-4-11-18-15-9-7-5-6-8-10-16(15)20-13-12-19-17(20)14(2)3/h12-16,18H,4-11H2,1-3H3. The molecule has 0 saturated heterocycles. The van der Waals surface area contributed by atoms with Crippen LogP contribution in [0.2, 0.25) is 0 Å². The summed E-state index contributed by atoms with van der Waals surface area (Å²) in [5.41, 5.74) is 0. The molecule has 0 aliphatic heterocycles. The number of nitrogens with one attached hydrogen (secondary N) is 1. The summed E-state index contributed by atoms with van der Waals surface area (Å²) in [6, 6.07) is 1.20. The van der Waals surface area contributed by atoms with Crippen molar-refractivity contribution in [2.45, 2.75) is 83.7 Å². The number of hydrogen-bond acceptors (Lipinski definition) is 2. The van der Waals surface area contributed by atoms with Gasteiger partial charge in [0.15, 0.2) is 0 Å². The molecule has 1 heterocycles. The molecule has 1 aliphatic rings. The van der Waals surface area contributed by atoms with Gasteiger partial charge in [-0.2, -0.15) is 0 Å². The van der Waals surface area contributed by atoms with Crippen LogP contribution in [0, 0.1) is 0 Å². The summed E-state index contributed by atoms with van der Waals surface area (Å²) in [6.07, 6.45) is 13.5. The molecule has 0 amide bonds. The Kier molecular flexibility index (Phi) is 6.08. The summed E-state index contributed by atoms with van der Waals surface area (Å²) in [7, 11) is 0. The molecule has 0 bridgehead atoms. The van der Waals surface area contributed by atoms with Gasteiger partial charge in [0.1, 0.15) is 5.82 Å². The van der Waals surface area contributed by atoms with Crippen LogP contribution in [-0.4, -0.2) is 22.1 Å². The fraction of sp³-hybridized carbons (Fsp3) is 0.824. The Morgan fingerprint density at radius 2 is 2.00 bits per heavy atom. The van der Waals surface area contributed by atoms with Crippen molar-refractivity contribution in [1.29, 1.82) is 0 Å². The van der Waals surface area contributed by atoms with Crippen LogP contribution in [0.5, 0.6) is 0 Å². The average Bonchev–Trinajstić information content (AvgIpc) is 2.87. The first-order valence-corrected chi connectivity index (χ1v) is 8.50. The van der Waals surface area contributed by atoms with Gasteiger partial charge >= 0.3 is 0 Å². The molecule has 1 N–H and O–H groups in total. The van der Waals surface area contributed by atoms with E-state index in [2.05, 4.69) is 41.8 Å². The lowest BCUT2D eigenvalue weighted by Crippen LogP contribution is -2.39. The molecule has 0 aromatic carbocycles. The second-order valence-corrected chi connectivity index (χ2v) is 6.47. The van der Waals surface area contributed by atoms with E-state index in [1.54, 1.807) is 0 Å². The third kappa shape index (κ3) is 3.85. The molecule has 3 nitrogen and oxygen atoms in total. The molecule has 114 valence electrons. The minimum atomic E-state index is 0.502. The van der Waals surface area contributed by atoms with E-state index in [-0.39, 0.29) is 0 Å². The van der Waals surface area contributed by atoms with Crippen LogP contribution in [0.15, 0.2) is 12.4 Å². The lowest BCUT2D eigenvalue weighted by molar-refractivity contribution is 0.277. The van der Waals surface area contributed by atoms with Gasteiger partial charge in [-0.25, -0.2) is 4.98 Å². The van der Waals surface area contributed by atoms with Crippen LogP contribution >= 0.6 is 0 Å². The second-order valence-electron chi connectivity index (χ2n) is 6.47. The van der Waals surface area contributed by atoms with Crippen LogP contribution in [-0.2, 0) is 0 Å². The Balaban J connectivity index is 2.18. The van der Waals surface area contributed by atoms with Crippen molar-refractivity contribution in [1.82, 2.24) is 14.9 Å². The Morgan fingerprint density at radius 3 is 2.70 bits per heavy atom. The average molecular weight is 277 g/mol. The minimum absolute atomic E-state index is 0.502. The molecule has 2 unspecified atom stereocenters. The van der Waals surface area contributed by atoms with Crippen molar-refractivity contribution in [3.63, 3.8) is 0 Å². The van der Waals surface area contributed by atoms with Gasteiger partial charge in [0.2, 0.25) is 0 Å². The summed E-state index contributed by atoms with van der Waals surface area (Å²) in [6.45, 7) is 7.88. The van der Waals surface area contributed by atoms with Crippen LogP contribution in [0.25, 0.3) is 0 Å². The molecular formula is C17H31N3. The smallest absolute Gasteiger partial charge is 0.111 e. The van der Waals surface area contributed by atoms with E-state index in [9.17, 15) is 0 Å². The molecule has 1 fully saturated rings. The van der Waals surface area contributed by atoms with Crippen LogP contribution in [0.4, 0.5) is 0 Å². The maximum atomic E-state index is 4.59. The van der Waals surface area contributed by atoms with E-state index in [4.69, 9.17) is 0 Å². The highest BCUT2D eigenvalue weighted by molar-refractivity contribution is 5.02. The number of imidazole rings is 1. The summed E-state index contributed by atoms with van der Waals surface area (Å²) in [4.78, 5) is 4.59. The van der Waals surface area contributed by atoms with E-state index in [0.717, 1.165) is 6.54 Å². The molecule has 2 atom stereocenters. The molecular weight excluding hydrogens is 246 g/mol. The normalized spacial score (nSPS) is 24.6. The van der Waals surface area contributed by atoms with Gasteiger partial charge in [-0.15, -0.1) is 0 Å². The predicted molar refractivity (Wildman–Crippen MR) is 85.1 cm³/mol. The molecule has 1 aromatic rings. The molecule has 3 heteroatoms. The van der Waals surface area contributed by atoms with Gasteiger partial charge in [0.05, 0.1) is 6.04 Å². The molecule has 20 heavy (non-hydrogen) atoms. The third-order valence-corrected chi connectivity index (χ3v) is 4.46. The number of aromatic nitrogens is 2. The van der Waals surface area contributed by atoms with Crippen molar-refractivity contribution >= 4 is 0 Å². The van der Waals surface area contributed by atoms with Crippen molar-refractivity contribution in [2.75, 3.05) is 6.54 Å². The van der Waals surface area contributed by atoms with E-state index in [1.165, 1.54) is 50.8 Å². The Hall–Kier alpha value is -0.830. The van der Waals surface area contributed by atoms with Crippen molar-refractivity contribution in [2.24, 2.45) is 0 Å². The van der Waals surface area contributed by atoms with Crippen LogP contribution < -0.4 is 5.32 Å². The number of nitrogens with zero attached hydrogens (tertiary/aromatic N) is 2. The summed E-state index contributed by atoms with van der Waals surface area (Å²) in [5, 5.41) is 3.79. The Labute approximate surface area is 124 Å². The van der Waals surface area contributed by atoms with E-state index in [1.807, 2.05) is 6.20 Å². The lowest BCUT2D eigenvalue weighted by Gasteiger charge is -2.32. The molecule has 0 radical (unpaired) electrons. The Morgan fingerprint density at radius 1 is 1.25 bits per heavy atom. The van der Waals surface area contributed by atoms with Crippen LogP contribution in [0.1, 0.15) is 83.5 Å². The molecule has 2 rings (SSSR count). The molecule has 1 aliphatic carbocycles. The summed E-state index contributed by atoms with van der Waals surface area (Å²) >= 11 is 0. The first kappa shape index (κ1) is 15.6. The minimum Gasteiger partial charge on any atom is -0.330 e. The number of rotatable bonds is 5. The first-order valence-electron chi connectivity index (χ1n) is 8.50. The number of hydrogen-bond donors (Lipinski definition) is 1. The topological polar surface area (TPSA) is 29.9 Å². The van der Waals surface area contributed by atoms with Crippen LogP contribution in [0.3, 0.4) is 0 Å². The van der Waals surface area contributed by atoms with E-state index >= 15 is 0 Å². The van der Waals surface area contributed by atoms with Gasteiger partial charge < -0.3 is 9.88 Å². The quantitative estimate of drug-likeness (QED) is 0.871. The third-order valence-electron chi connectivity index (χ3n) is 4.46. The second kappa shape index (κ2) is 7.82. The summed E-state index contributed by atoms with van der Waals surface area (Å²) in [5.74, 6) is 1.75. The zero-order valence-electron chi connectivity index (χ0n) is 13.4. The maximum Gasteiger partial charge on any atom is 0.111 e. The van der Waals surface area contributed by atoms with E-state index in [0.29, 0.717) is 18.0 Å². The Bertz CT molecular complexity index is 381. The monoisotopic (exact) mass is 277 g/mol. The van der Waals surface area contributed by atoms with Crippen molar-refractivity contribution < 1.29 is 0 Å². The highest BCUT2D eigenvalue weighted by Gasteiger charge is 2.25. The lowest BCUT2D eigenvalue weighted by atomic mass is 9.91. The fourth-order valence-electron chi connectivity index (χ4n) is 3.42. The van der Waals surface area contributed by atoms with Gasteiger partial charge in [-0.1, -0.05) is 46.5 Å². The molecule has 1 aromatic heterocycles. The molecule has 0 spiro atoms. The zero-order chi connectivity index (χ0) is 14.4. The first-order chi connectivity index (χ1) is 9.74. The van der Waals surface area contributed by atoms with Gasteiger partial charge in [0.25, 0.3) is 0 Å². The van der Waals surface area contributed by atoms with Gasteiger partial charge in [-0.3, -0.25) is 0 Å². The maximum absolute atomic E-state index is 4.59. The van der Waals surface area contributed by atoms with Crippen molar-refractivity contribution in [3.8, 4) is 0 Å². The molecule has 1 saturated carbocycles. The SMILES string of the molecule is CCCNC1CCCCCCC1n1ccnc1C(C)C. The van der Waals surface area contributed by atoms with Gasteiger partial charge in [-0.05, 0) is 25.8 Å². The zero-order valence-corrected chi connectivity index (χ0v) is 13.4. The highest BCUT2D eigenvalue weighted by Crippen LogP contribution is 2.29. The van der Waals surface area contributed by atoms with E-state index < -0.39 is 0 Å². The fourth-order valence-corrected chi connectivity index (χ4v) is 3.42. The predicted octanol–water partition coefficient (Wildman–Crippen LogP) is 4.27. The summed E-state index contributed by atoms with van der Waals surface area (Å²) < 4.78 is 2.46. The van der Waals surface area contributed by atoms with Gasteiger partial charge in [0, 0.05) is 24.4 Å².